The number of hydrogen-bond donors (Lipinski definition) is 2. The van der Waals surface area contributed by atoms with Crippen LogP contribution in [-0.4, -0.2) is 44.2 Å². The molecule has 4 aromatic rings. The number of aromatic nitrogens is 6. The second-order valence-electron chi connectivity index (χ2n) is 6.33. The molecular formula is C17H18N8O2S. The van der Waals surface area contributed by atoms with Gasteiger partial charge >= 0.3 is 0 Å². The third kappa shape index (κ3) is 3.93. The van der Waals surface area contributed by atoms with E-state index in [9.17, 15) is 8.42 Å². The smallest absolute Gasteiger partial charge is 0.229 e. The summed E-state index contributed by atoms with van der Waals surface area (Å²) in [4.78, 5) is 8.84. The first kappa shape index (κ1) is 17.9. The van der Waals surface area contributed by atoms with Gasteiger partial charge in [-0.05, 0) is 11.6 Å². The Kier molecular flexibility index (Phi) is 4.43. The van der Waals surface area contributed by atoms with Crippen molar-refractivity contribution < 1.29 is 8.42 Å². The summed E-state index contributed by atoms with van der Waals surface area (Å²) in [5.41, 5.74) is 2.70. The Morgan fingerprint density at radius 3 is 2.68 bits per heavy atom. The second-order valence-corrected chi connectivity index (χ2v) is 8.08. The number of rotatable bonds is 6. The van der Waals surface area contributed by atoms with Crippen molar-refractivity contribution in [3.8, 4) is 0 Å². The monoisotopic (exact) mass is 398 g/mol. The van der Waals surface area contributed by atoms with Crippen molar-refractivity contribution in [2.75, 3.05) is 16.3 Å². The Balaban J connectivity index is 1.65. The molecule has 10 nitrogen and oxygen atoms in total. The predicted octanol–water partition coefficient (Wildman–Crippen LogP) is 1.72. The van der Waals surface area contributed by atoms with Crippen LogP contribution in [0.5, 0.6) is 0 Å². The zero-order chi connectivity index (χ0) is 19.7. The third-order valence-electron chi connectivity index (χ3n) is 3.97. The highest BCUT2D eigenvalue weighted by molar-refractivity contribution is 7.92. The van der Waals surface area contributed by atoms with E-state index in [0.717, 1.165) is 22.9 Å². The lowest BCUT2D eigenvalue weighted by Crippen LogP contribution is -2.13. The molecule has 3 heterocycles. The standard InChI is InChI=1S/C17H18N8O2S/c1-24-11-14(9-19-24)21-17-18-7-13-8-20-25(16(13)22-17)10-12-5-3-4-6-15(12)23-28(2,26)27/h3-9,11,23H,10H2,1-2H3,(H,18,21,22). The first-order valence-electron chi connectivity index (χ1n) is 8.37. The molecule has 0 saturated carbocycles. The lowest BCUT2D eigenvalue weighted by atomic mass is 10.2. The highest BCUT2D eigenvalue weighted by Crippen LogP contribution is 2.21. The van der Waals surface area contributed by atoms with Gasteiger partial charge in [0.15, 0.2) is 5.65 Å². The van der Waals surface area contributed by atoms with Crippen LogP contribution in [0.2, 0.25) is 0 Å². The van der Waals surface area contributed by atoms with Crippen LogP contribution < -0.4 is 10.0 Å². The quantitative estimate of drug-likeness (QED) is 0.507. The Morgan fingerprint density at radius 1 is 1.11 bits per heavy atom. The van der Waals surface area contributed by atoms with Crippen LogP contribution >= 0.6 is 0 Å². The highest BCUT2D eigenvalue weighted by Gasteiger charge is 2.12. The lowest BCUT2D eigenvalue weighted by Gasteiger charge is -2.11. The molecular weight excluding hydrogens is 380 g/mol. The van der Waals surface area contributed by atoms with Crippen molar-refractivity contribution in [3.05, 3.63) is 54.6 Å². The average molecular weight is 398 g/mol. The summed E-state index contributed by atoms with van der Waals surface area (Å²) in [5, 5.41) is 12.4. The Labute approximate surface area is 161 Å². The molecule has 2 N–H and O–H groups in total. The van der Waals surface area contributed by atoms with Gasteiger partial charge in [0, 0.05) is 19.4 Å². The van der Waals surface area contributed by atoms with E-state index in [2.05, 4.69) is 30.2 Å². The maximum absolute atomic E-state index is 11.6. The van der Waals surface area contributed by atoms with Gasteiger partial charge < -0.3 is 5.32 Å². The zero-order valence-corrected chi connectivity index (χ0v) is 16.1. The molecule has 0 aliphatic heterocycles. The van der Waals surface area contributed by atoms with E-state index < -0.39 is 10.0 Å². The number of fused-ring (bicyclic) bond motifs is 1. The summed E-state index contributed by atoms with van der Waals surface area (Å²) in [7, 11) is -1.56. The Bertz CT molecular complexity index is 1250. The van der Waals surface area contributed by atoms with Gasteiger partial charge in [0.05, 0.1) is 42.0 Å². The van der Waals surface area contributed by atoms with Crippen molar-refractivity contribution in [2.24, 2.45) is 7.05 Å². The topological polar surface area (TPSA) is 120 Å². The first-order valence-corrected chi connectivity index (χ1v) is 10.3. The SMILES string of the molecule is Cn1cc(Nc2ncc3cnn(Cc4ccccc4NS(C)(=O)=O)c3n2)cn1. The van der Waals surface area contributed by atoms with Gasteiger partial charge in [-0.1, -0.05) is 18.2 Å². The van der Waals surface area contributed by atoms with Crippen LogP contribution in [0.25, 0.3) is 11.0 Å². The molecule has 144 valence electrons. The van der Waals surface area contributed by atoms with Crippen molar-refractivity contribution in [3.63, 3.8) is 0 Å². The molecule has 0 amide bonds. The second kappa shape index (κ2) is 6.93. The molecule has 1 aromatic carbocycles. The van der Waals surface area contributed by atoms with Gasteiger partial charge in [-0.25, -0.2) is 18.1 Å². The number of hydrogen-bond acceptors (Lipinski definition) is 7. The molecule has 0 bridgehead atoms. The minimum absolute atomic E-state index is 0.353. The van der Waals surface area contributed by atoms with E-state index in [-0.39, 0.29) is 0 Å². The van der Waals surface area contributed by atoms with Gasteiger partial charge in [-0.15, -0.1) is 0 Å². The summed E-state index contributed by atoms with van der Waals surface area (Å²) >= 11 is 0. The van der Waals surface area contributed by atoms with E-state index in [1.165, 1.54) is 0 Å². The van der Waals surface area contributed by atoms with Crippen LogP contribution in [0.15, 0.2) is 49.1 Å². The fourth-order valence-electron chi connectivity index (χ4n) is 2.78. The minimum atomic E-state index is -3.38. The van der Waals surface area contributed by atoms with Gasteiger partial charge in [-0.3, -0.25) is 9.40 Å². The van der Waals surface area contributed by atoms with Gasteiger partial charge in [0.1, 0.15) is 0 Å². The van der Waals surface area contributed by atoms with E-state index in [0.29, 0.717) is 23.8 Å². The Morgan fingerprint density at radius 2 is 1.93 bits per heavy atom. The van der Waals surface area contributed by atoms with Crippen LogP contribution in [0, 0.1) is 0 Å². The van der Waals surface area contributed by atoms with Crippen LogP contribution in [0.1, 0.15) is 5.56 Å². The normalized spacial score (nSPS) is 11.6. The fraction of sp³-hybridized carbons (Fsp3) is 0.176. The molecule has 0 fully saturated rings. The van der Waals surface area contributed by atoms with Crippen LogP contribution in [-0.2, 0) is 23.6 Å². The summed E-state index contributed by atoms with van der Waals surface area (Å²) < 4.78 is 29.2. The number of aryl methyl sites for hydroxylation is 1. The maximum atomic E-state index is 11.6. The predicted molar refractivity (Wildman–Crippen MR) is 106 cm³/mol. The summed E-state index contributed by atoms with van der Waals surface area (Å²) in [6.45, 7) is 0.353. The molecule has 4 rings (SSSR count). The van der Waals surface area contributed by atoms with Crippen molar-refractivity contribution in [1.29, 1.82) is 0 Å². The molecule has 0 aliphatic rings. The number of nitrogens with one attached hydrogen (secondary N) is 2. The average Bonchev–Trinajstić information content (AvgIpc) is 3.22. The fourth-order valence-corrected chi connectivity index (χ4v) is 3.37. The van der Waals surface area contributed by atoms with E-state index in [4.69, 9.17) is 0 Å². The number of para-hydroxylation sites is 1. The molecule has 0 aliphatic carbocycles. The van der Waals surface area contributed by atoms with E-state index in [1.807, 2.05) is 25.4 Å². The number of nitrogens with zero attached hydrogens (tertiary/aromatic N) is 6. The summed E-state index contributed by atoms with van der Waals surface area (Å²) in [6.07, 6.45) is 7.98. The third-order valence-corrected chi connectivity index (χ3v) is 4.56. The van der Waals surface area contributed by atoms with Crippen molar-refractivity contribution in [1.82, 2.24) is 29.5 Å². The molecule has 0 unspecified atom stereocenters. The molecule has 11 heteroatoms. The van der Waals surface area contributed by atoms with E-state index in [1.54, 1.807) is 40.1 Å². The molecule has 0 atom stereocenters. The number of anilines is 3. The van der Waals surface area contributed by atoms with Gasteiger partial charge in [0.2, 0.25) is 16.0 Å². The van der Waals surface area contributed by atoms with Crippen LogP contribution in [0.4, 0.5) is 17.3 Å². The van der Waals surface area contributed by atoms with Crippen LogP contribution in [0.3, 0.4) is 0 Å². The van der Waals surface area contributed by atoms with Crippen molar-refractivity contribution >= 4 is 38.4 Å². The summed E-state index contributed by atoms with van der Waals surface area (Å²) in [6, 6.07) is 7.18. The maximum Gasteiger partial charge on any atom is 0.229 e. The van der Waals surface area contributed by atoms with Gasteiger partial charge in [0.25, 0.3) is 0 Å². The number of benzene rings is 1. The molecule has 28 heavy (non-hydrogen) atoms. The lowest BCUT2D eigenvalue weighted by molar-refractivity contribution is 0.606. The molecule has 0 radical (unpaired) electrons. The van der Waals surface area contributed by atoms with Crippen molar-refractivity contribution in [2.45, 2.75) is 6.54 Å². The molecule has 3 aromatic heterocycles. The molecule has 0 spiro atoms. The zero-order valence-electron chi connectivity index (χ0n) is 15.2. The van der Waals surface area contributed by atoms with E-state index >= 15 is 0 Å². The highest BCUT2D eigenvalue weighted by atomic mass is 32.2. The number of sulfonamides is 1. The first-order chi connectivity index (χ1) is 13.4. The largest absolute Gasteiger partial charge is 0.321 e. The molecule has 0 saturated heterocycles. The summed E-state index contributed by atoms with van der Waals surface area (Å²) in [5.74, 6) is 0.421. The Hall–Kier alpha value is -3.47. The van der Waals surface area contributed by atoms with Gasteiger partial charge in [-0.2, -0.15) is 15.2 Å². The minimum Gasteiger partial charge on any atom is -0.321 e.